The van der Waals surface area contributed by atoms with Crippen LogP contribution in [-0.4, -0.2) is 7.11 Å². The Morgan fingerprint density at radius 3 is 1.67 bits per heavy atom. The monoisotopic (exact) mass is 321 g/mol. The molecular formula is C22H27NO. The fraction of sp³-hybridized carbons (Fsp3) is 0.273. The SMILES string of the molecule is C=CC(=C)N(c1cc(C)c(C)c(C)c1)c1cc(C)c(OC)c(C)c1. The van der Waals surface area contributed by atoms with Crippen LogP contribution in [-0.2, 0) is 0 Å². The topological polar surface area (TPSA) is 12.5 Å². The maximum atomic E-state index is 5.50. The number of methoxy groups -OCH3 is 1. The molecule has 0 aliphatic heterocycles. The number of allylic oxidation sites excluding steroid dienone is 1. The van der Waals surface area contributed by atoms with Gasteiger partial charge >= 0.3 is 0 Å². The van der Waals surface area contributed by atoms with Gasteiger partial charge in [0, 0.05) is 17.1 Å². The van der Waals surface area contributed by atoms with Gasteiger partial charge in [-0.05, 0) is 92.8 Å². The molecule has 0 heterocycles. The summed E-state index contributed by atoms with van der Waals surface area (Å²) in [5, 5.41) is 0. The lowest BCUT2D eigenvalue weighted by molar-refractivity contribution is 0.408. The molecule has 0 saturated heterocycles. The van der Waals surface area contributed by atoms with Crippen molar-refractivity contribution in [1.29, 1.82) is 0 Å². The van der Waals surface area contributed by atoms with Gasteiger partial charge in [-0.25, -0.2) is 0 Å². The van der Waals surface area contributed by atoms with Crippen molar-refractivity contribution in [2.75, 3.05) is 12.0 Å². The smallest absolute Gasteiger partial charge is 0.124 e. The third-order valence-corrected chi connectivity index (χ3v) is 4.60. The van der Waals surface area contributed by atoms with Gasteiger partial charge in [-0.15, -0.1) is 0 Å². The van der Waals surface area contributed by atoms with Gasteiger partial charge < -0.3 is 9.64 Å². The molecule has 2 nitrogen and oxygen atoms in total. The number of hydrogen-bond acceptors (Lipinski definition) is 2. The molecule has 0 radical (unpaired) electrons. The molecule has 24 heavy (non-hydrogen) atoms. The standard InChI is InChI=1S/C22H27NO/c1-9-18(6)23(20-10-14(2)19(7)15(3)11-20)21-12-16(4)22(24-8)17(5)13-21/h9-13H,1,6H2,2-5,7-8H3. The summed E-state index contributed by atoms with van der Waals surface area (Å²) in [6.45, 7) is 18.7. The molecule has 0 amide bonds. The van der Waals surface area contributed by atoms with Crippen LogP contribution < -0.4 is 9.64 Å². The van der Waals surface area contributed by atoms with Gasteiger partial charge in [0.05, 0.1) is 7.11 Å². The van der Waals surface area contributed by atoms with Gasteiger partial charge in [-0.3, -0.25) is 0 Å². The Morgan fingerprint density at radius 1 is 0.875 bits per heavy atom. The number of aryl methyl sites for hydroxylation is 4. The summed E-state index contributed by atoms with van der Waals surface area (Å²) in [6, 6.07) is 8.66. The highest BCUT2D eigenvalue weighted by Gasteiger charge is 2.16. The molecule has 0 N–H and O–H groups in total. The molecule has 2 heteroatoms. The lowest BCUT2D eigenvalue weighted by Crippen LogP contribution is -2.15. The summed E-state index contributed by atoms with van der Waals surface area (Å²) >= 11 is 0. The van der Waals surface area contributed by atoms with Gasteiger partial charge in [-0.2, -0.15) is 0 Å². The van der Waals surface area contributed by atoms with Crippen LogP contribution in [0.5, 0.6) is 5.75 Å². The van der Waals surface area contributed by atoms with Gasteiger partial charge in [-0.1, -0.05) is 13.2 Å². The Morgan fingerprint density at radius 2 is 1.29 bits per heavy atom. The van der Waals surface area contributed by atoms with Crippen molar-refractivity contribution < 1.29 is 4.74 Å². The second-order valence-electron chi connectivity index (χ2n) is 6.35. The highest BCUT2D eigenvalue weighted by molar-refractivity contribution is 5.73. The summed E-state index contributed by atoms with van der Waals surface area (Å²) in [5.41, 5.74) is 9.10. The fourth-order valence-corrected chi connectivity index (χ4v) is 3.09. The average molecular weight is 321 g/mol. The molecule has 0 aromatic heterocycles. The van der Waals surface area contributed by atoms with Gasteiger partial charge in [0.25, 0.3) is 0 Å². The summed E-state index contributed by atoms with van der Waals surface area (Å²) in [7, 11) is 1.71. The van der Waals surface area contributed by atoms with E-state index >= 15 is 0 Å². The summed E-state index contributed by atoms with van der Waals surface area (Å²) < 4.78 is 5.50. The van der Waals surface area contributed by atoms with Crippen LogP contribution in [0.4, 0.5) is 11.4 Å². The van der Waals surface area contributed by atoms with E-state index in [-0.39, 0.29) is 0 Å². The Balaban J connectivity index is 2.67. The van der Waals surface area contributed by atoms with Crippen LogP contribution >= 0.6 is 0 Å². The predicted molar refractivity (Wildman–Crippen MR) is 105 cm³/mol. The first kappa shape index (κ1) is 17.9. The van der Waals surface area contributed by atoms with Gasteiger partial charge in [0.2, 0.25) is 0 Å². The summed E-state index contributed by atoms with van der Waals surface area (Å²) in [6.07, 6.45) is 1.79. The number of anilines is 2. The molecule has 2 aromatic rings. The van der Waals surface area contributed by atoms with Crippen LogP contribution in [0.25, 0.3) is 0 Å². The quantitative estimate of drug-likeness (QED) is 0.619. The van der Waals surface area contributed by atoms with Crippen molar-refractivity contribution in [3.8, 4) is 5.75 Å². The van der Waals surface area contributed by atoms with E-state index in [2.05, 4.69) is 76.9 Å². The minimum atomic E-state index is 0.849. The number of nitrogens with zero attached hydrogens (tertiary/aromatic N) is 1. The van der Waals surface area contributed by atoms with Crippen molar-refractivity contribution in [2.45, 2.75) is 34.6 Å². The van der Waals surface area contributed by atoms with Crippen LogP contribution in [0.15, 0.2) is 49.2 Å². The van der Waals surface area contributed by atoms with Crippen molar-refractivity contribution in [3.05, 3.63) is 77.0 Å². The van der Waals surface area contributed by atoms with E-state index in [1.807, 2.05) is 0 Å². The van der Waals surface area contributed by atoms with Crippen molar-refractivity contribution in [3.63, 3.8) is 0 Å². The minimum absolute atomic E-state index is 0.849. The van der Waals surface area contributed by atoms with Crippen LogP contribution in [0.3, 0.4) is 0 Å². The summed E-state index contributed by atoms with van der Waals surface area (Å²) in [5.74, 6) is 0.930. The normalized spacial score (nSPS) is 10.4. The zero-order valence-corrected chi connectivity index (χ0v) is 15.7. The molecule has 126 valence electrons. The van der Waals surface area contributed by atoms with Crippen LogP contribution in [0, 0.1) is 34.6 Å². The molecule has 0 atom stereocenters. The van der Waals surface area contributed by atoms with E-state index in [1.165, 1.54) is 16.7 Å². The zero-order valence-electron chi connectivity index (χ0n) is 15.7. The third kappa shape index (κ3) is 3.23. The minimum Gasteiger partial charge on any atom is -0.496 e. The number of hydrogen-bond donors (Lipinski definition) is 0. The Labute approximate surface area is 146 Å². The summed E-state index contributed by atoms with van der Waals surface area (Å²) in [4.78, 5) is 2.14. The van der Waals surface area contributed by atoms with Crippen molar-refractivity contribution in [1.82, 2.24) is 0 Å². The number of rotatable bonds is 5. The zero-order chi connectivity index (χ0) is 18.0. The van der Waals surface area contributed by atoms with Gasteiger partial charge in [0.1, 0.15) is 5.75 Å². The number of benzene rings is 2. The predicted octanol–water partition coefficient (Wildman–Crippen LogP) is 6.08. The molecule has 0 spiro atoms. The molecule has 2 rings (SSSR count). The average Bonchev–Trinajstić information content (AvgIpc) is 2.52. The molecule has 0 aliphatic rings. The third-order valence-electron chi connectivity index (χ3n) is 4.60. The first-order valence-corrected chi connectivity index (χ1v) is 8.14. The first-order chi connectivity index (χ1) is 11.3. The maximum absolute atomic E-state index is 5.50. The lowest BCUT2D eigenvalue weighted by Gasteiger charge is -2.28. The molecule has 0 unspecified atom stereocenters. The van der Waals surface area contributed by atoms with Crippen molar-refractivity contribution >= 4 is 11.4 Å². The van der Waals surface area contributed by atoms with Gasteiger partial charge in [0.15, 0.2) is 0 Å². The van der Waals surface area contributed by atoms with E-state index < -0.39 is 0 Å². The van der Waals surface area contributed by atoms with Crippen LogP contribution in [0.2, 0.25) is 0 Å². The second kappa shape index (κ2) is 6.96. The second-order valence-corrected chi connectivity index (χ2v) is 6.35. The van der Waals surface area contributed by atoms with E-state index in [0.29, 0.717) is 0 Å². The molecule has 0 bridgehead atoms. The lowest BCUT2D eigenvalue weighted by atomic mass is 10.0. The fourth-order valence-electron chi connectivity index (χ4n) is 3.09. The van der Waals surface area contributed by atoms with Crippen LogP contribution in [0.1, 0.15) is 27.8 Å². The Hall–Kier alpha value is -2.48. The molecular weight excluding hydrogens is 294 g/mol. The van der Waals surface area contributed by atoms with Crippen molar-refractivity contribution in [2.24, 2.45) is 0 Å². The largest absolute Gasteiger partial charge is 0.496 e. The molecule has 0 aliphatic carbocycles. The highest BCUT2D eigenvalue weighted by atomic mass is 16.5. The van der Waals surface area contributed by atoms with E-state index in [0.717, 1.165) is 33.9 Å². The molecule has 0 saturated carbocycles. The first-order valence-electron chi connectivity index (χ1n) is 8.14. The van der Waals surface area contributed by atoms with E-state index in [4.69, 9.17) is 4.74 Å². The van der Waals surface area contributed by atoms with E-state index in [1.54, 1.807) is 13.2 Å². The molecule has 0 fully saturated rings. The van der Waals surface area contributed by atoms with E-state index in [9.17, 15) is 0 Å². The Bertz CT molecular complexity index is 756. The molecule has 2 aromatic carbocycles. The highest BCUT2D eigenvalue weighted by Crippen LogP contribution is 2.36. The Kier molecular flexibility index (Phi) is 5.18. The maximum Gasteiger partial charge on any atom is 0.124 e. The number of ether oxygens (including phenoxy) is 1.